The van der Waals surface area contributed by atoms with Crippen molar-refractivity contribution in [3.63, 3.8) is 0 Å². The molecule has 0 saturated carbocycles. The van der Waals surface area contributed by atoms with Crippen LogP contribution in [0.3, 0.4) is 0 Å². The smallest absolute Gasteiger partial charge is 0.261 e. The highest BCUT2D eigenvalue weighted by Gasteiger charge is 2.17. The molecule has 114 valence electrons. The lowest BCUT2D eigenvalue weighted by Gasteiger charge is -2.15. The van der Waals surface area contributed by atoms with E-state index in [1.807, 2.05) is 0 Å². The van der Waals surface area contributed by atoms with Crippen LogP contribution in [-0.4, -0.2) is 20.0 Å². The maximum atomic E-state index is 11.6. The maximum absolute atomic E-state index is 11.6. The first-order valence-corrected chi connectivity index (χ1v) is 9.23. The molecule has 1 aromatic heterocycles. The van der Waals surface area contributed by atoms with E-state index in [0.29, 0.717) is 29.2 Å². The van der Waals surface area contributed by atoms with Gasteiger partial charge in [0.05, 0.1) is 11.5 Å². The number of nitrogens with zero attached hydrogens (tertiary/aromatic N) is 1. The molecular formula is C15H18ClNO3S. The molecule has 0 aliphatic heterocycles. The molecule has 0 bridgehead atoms. The molecule has 2 aromatic rings. The molecule has 0 aliphatic rings. The average molecular weight is 328 g/mol. The monoisotopic (exact) mass is 327 g/mol. The molecule has 4 nitrogen and oxygen atoms in total. The van der Waals surface area contributed by atoms with E-state index in [0.717, 1.165) is 12.8 Å². The van der Waals surface area contributed by atoms with Gasteiger partial charge in [0.25, 0.3) is 9.05 Å². The van der Waals surface area contributed by atoms with Gasteiger partial charge >= 0.3 is 0 Å². The van der Waals surface area contributed by atoms with Crippen LogP contribution in [0.4, 0.5) is 0 Å². The zero-order valence-electron chi connectivity index (χ0n) is 12.0. The lowest BCUT2D eigenvalue weighted by molar-refractivity contribution is 0.242. The second kappa shape index (κ2) is 6.62. The Morgan fingerprint density at radius 3 is 2.57 bits per heavy atom. The van der Waals surface area contributed by atoms with Crippen molar-refractivity contribution < 1.29 is 13.2 Å². The predicted octanol–water partition coefficient (Wildman–Crippen LogP) is 3.98. The minimum absolute atomic E-state index is 0.0575. The van der Waals surface area contributed by atoms with Crippen molar-refractivity contribution in [3.8, 4) is 5.75 Å². The quantitative estimate of drug-likeness (QED) is 0.753. The van der Waals surface area contributed by atoms with Crippen molar-refractivity contribution in [1.29, 1.82) is 0 Å². The van der Waals surface area contributed by atoms with Crippen molar-refractivity contribution in [2.24, 2.45) is 5.92 Å². The van der Waals surface area contributed by atoms with E-state index < -0.39 is 9.05 Å². The van der Waals surface area contributed by atoms with Gasteiger partial charge in [0.1, 0.15) is 11.3 Å². The zero-order chi connectivity index (χ0) is 15.5. The van der Waals surface area contributed by atoms with Gasteiger partial charge in [0.15, 0.2) is 0 Å². The Labute approximate surface area is 129 Å². The SMILES string of the molecule is CCC(CC)COc1ccc(S(=O)(=O)Cl)c2cccnc12. The highest BCUT2D eigenvalue weighted by Crippen LogP contribution is 2.31. The highest BCUT2D eigenvalue weighted by atomic mass is 35.7. The highest BCUT2D eigenvalue weighted by molar-refractivity contribution is 8.14. The van der Waals surface area contributed by atoms with Crippen molar-refractivity contribution in [2.75, 3.05) is 6.61 Å². The van der Waals surface area contributed by atoms with Gasteiger partial charge < -0.3 is 4.74 Å². The lowest BCUT2D eigenvalue weighted by Crippen LogP contribution is -2.10. The van der Waals surface area contributed by atoms with E-state index in [9.17, 15) is 8.42 Å². The van der Waals surface area contributed by atoms with Gasteiger partial charge in [-0.2, -0.15) is 0 Å². The molecule has 0 saturated heterocycles. The van der Waals surface area contributed by atoms with E-state index >= 15 is 0 Å². The van der Waals surface area contributed by atoms with Gasteiger partial charge in [0.2, 0.25) is 0 Å². The molecule has 6 heteroatoms. The van der Waals surface area contributed by atoms with Gasteiger partial charge in [-0.15, -0.1) is 0 Å². The summed E-state index contributed by atoms with van der Waals surface area (Å²) < 4.78 is 29.1. The van der Waals surface area contributed by atoms with Crippen LogP contribution < -0.4 is 4.74 Å². The van der Waals surface area contributed by atoms with Gasteiger partial charge in [-0.25, -0.2) is 8.42 Å². The van der Waals surface area contributed by atoms with Crippen molar-refractivity contribution in [1.82, 2.24) is 4.98 Å². The third-order valence-corrected chi connectivity index (χ3v) is 4.96. The van der Waals surface area contributed by atoms with Crippen LogP contribution in [0.2, 0.25) is 0 Å². The fourth-order valence-corrected chi connectivity index (χ4v) is 3.24. The van der Waals surface area contributed by atoms with Crippen LogP contribution in [-0.2, 0) is 9.05 Å². The summed E-state index contributed by atoms with van der Waals surface area (Å²) in [6, 6.07) is 6.45. The number of ether oxygens (including phenoxy) is 1. The molecule has 0 atom stereocenters. The minimum atomic E-state index is -3.81. The summed E-state index contributed by atoms with van der Waals surface area (Å²) >= 11 is 0. The van der Waals surface area contributed by atoms with Crippen LogP contribution in [0.15, 0.2) is 35.4 Å². The zero-order valence-corrected chi connectivity index (χ0v) is 13.6. The standard InChI is InChI=1S/C15H18ClNO3S/c1-3-11(4-2)10-20-13-7-8-14(21(16,18)19)12-6-5-9-17-15(12)13/h5-9,11H,3-4,10H2,1-2H3. The summed E-state index contributed by atoms with van der Waals surface area (Å²) in [6.07, 6.45) is 3.68. The number of hydrogen-bond donors (Lipinski definition) is 0. The van der Waals surface area contributed by atoms with Crippen LogP contribution in [0, 0.1) is 5.92 Å². The number of rotatable bonds is 6. The second-order valence-electron chi connectivity index (χ2n) is 4.89. The van der Waals surface area contributed by atoms with Crippen LogP contribution in [0.1, 0.15) is 26.7 Å². The first kappa shape index (κ1) is 16.0. The Morgan fingerprint density at radius 1 is 1.24 bits per heavy atom. The number of halogens is 1. The normalized spacial score (nSPS) is 12.0. The van der Waals surface area contributed by atoms with E-state index in [2.05, 4.69) is 18.8 Å². The number of benzene rings is 1. The van der Waals surface area contributed by atoms with Crippen LogP contribution in [0.5, 0.6) is 5.75 Å². The molecule has 0 N–H and O–H groups in total. The largest absolute Gasteiger partial charge is 0.491 e. The molecular weight excluding hydrogens is 310 g/mol. The third-order valence-electron chi connectivity index (χ3n) is 3.58. The van der Waals surface area contributed by atoms with Crippen molar-refractivity contribution in [3.05, 3.63) is 30.5 Å². The average Bonchev–Trinajstić information content (AvgIpc) is 2.47. The lowest BCUT2D eigenvalue weighted by atomic mass is 10.1. The second-order valence-corrected chi connectivity index (χ2v) is 7.43. The fraction of sp³-hybridized carbons (Fsp3) is 0.400. The maximum Gasteiger partial charge on any atom is 0.261 e. The Hall–Kier alpha value is -1.33. The molecule has 1 aromatic carbocycles. The van der Waals surface area contributed by atoms with E-state index in [-0.39, 0.29) is 4.90 Å². The third kappa shape index (κ3) is 3.66. The summed E-state index contributed by atoms with van der Waals surface area (Å²) in [5, 5.41) is 0.481. The Balaban J connectivity index is 2.43. The number of hydrogen-bond acceptors (Lipinski definition) is 4. The predicted molar refractivity (Wildman–Crippen MR) is 84.3 cm³/mol. The Morgan fingerprint density at radius 2 is 1.95 bits per heavy atom. The number of fused-ring (bicyclic) bond motifs is 1. The number of pyridine rings is 1. The van der Waals surface area contributed by atoms with E-state index in [1.165, 1.54) is 6.07 Å². The molecule has 0 unspecified atom stereocenters. The topological polar surface area (TPSA) is 56.3 Å². The molecule has 0 spiro atoms. The molecule has 2 rings (SSSR count). The first-order chi connectivity index (χ1) is 9.97. The molecule has 0 aliphatic carbocycles. The summed E-state index contributed by atoms with van der Waals surface area (Å²) in [5.41, 5.74) is 0.519. The van der Waals surface area contributed by atoms with Crippen molar-refractivity contribution >= 4 is 30.6 Å². The first-order valence-electron chi connectivity index (χ1n) is 6.92. The van der Waals surface area contributed by atoms with Gasteiger partial charge in [-0.1, -0.05) is 26.7 Å². The number of aromatic nitrogens is 1. The van der Waals surface area contributed by atoms with Crippen molar-refractivity contribution in [2.45, 2.75) is 31.6 Å². The van der Waals surface area contributed by atoms with Crippen LogP contribution >= 0.6 is 10.7 Å². The molecule has 0 fully saturated rings. The van der Waals surface area contributed by atoms with E-state index in [1.54, 1.807) is 24.4 Å². The minimum Gasteiger partial charge on any atom is -0.491 e. The molecule has 21 heavy (non-hydrogen) atoms. The molecule has 0 amide bonds. The van der Waals surface area contributed by atoms with E-state index in [4.69, 9.17) is 15.4 Å². The Bertz CT molecular complexity index is 727. The van der Waals surface area contributed by atoms with Gasteiger partial charge in [0, 0.05) is 22.3 Å². The Kier molecular flexibility index (Phi) is 5.06. The summed E-state index contributed by atoms with van der Waals surface area (Å²) in [5.74, 6) is 1.06. The van der Waals surface area contributed by atoms with Gasteiger partial charge in [-0.05, 0) is 30.2 Å². The fourth-order valence-electron chi connectivity index (χ4n) is 2.18. The van der Waals surface area contributed by atoms with Crippen LogP contribution in [0.25, 0.3) is 10.9 Å². The molecule has 0 radical (unpaired) electrons. The van der Waals surface area contributed by atoms with Gasteiger partial charge in [-0.3, -0.25) is 4.98 Å². The summed E-state index contributed by atoms with van der Waals surface area (Å²) in [7, 11) is 1.66. The summed E-state index contributed by atoms with van der Waals surface area (Å²) in [6.45, 7) is 4.83. The molecule has 1 heterocycles. The summed E-state index contributed by atoms with van der Waals surface area (Å²) in [4.78, 5) is 4.29.